The maximum Gasteiger partial charge on any atom is 0.0667 e. The second-order valence-electron chi connectivity index (χ2n) is 4.63. The second kappa shape index (κ2) is 3.44. The number of rotatable bonds is 0. The van der Waals surface area contributed by atoms with Crippen molar-refractivity contribution in [2.24, 2.45) is 4.99 Å². The topological polar surface area (TPSA) is 12.4 Å². The van der Waals surface area contributed by atoms with Gasteiger partial charge in [-0.25, -0.2) is 0 Å². The van der Waals surface area contributed by atoms with Crippen LogP contribution in [-0.2, 0) is 5.41 Å². The van der Waals surface area contributed by atoms with Gasteiger partial charge in [0, 0.05) is 16.5 Å². The van der Waals surface area contributed by atoms with E-state index < -0.39 is 0 Å². The first-order chi connectivity index (χ1) is 7.30. The number of halogens is 1. The summed E-state index contributed by atoms with van der Waals surface area (Å²) in [6.45, 7) is 0. The van der Waals surface area contributed by atoms with Crippen molar-refractivity contribution in [3.8, 4) is 0 Å². The van der Waals surface area contributed by atoms with Crippen molar-refractivity contribution in [3.05, 3.63) is 29.8 Å². The summed E-state index contributed by atoms with van der Waals surface area (Å²) >= 11 is 3.76. The standard InChI is InChI=1S/C13H14BrN/c14-10-4-3-7-13(8-10)9-15-12-6-2-1-5-11(12)13/h1-2,5-6,9-10H,3-4,7-8H2. The minimum Gasteiger partial charge on any atom is -0.260 e. The highest BCUT2D eigenvalue weighted by Crippen LogP contribution is 2.47. The lowest BCUT2D eigenvalue weighted by atomic mass is 9.71. The molecule has 1 fully saturated rings. The number of aliphatic imine (C=N–C) groups is 1. The Balaban J connectivity index is 2.04. The Morgan fingerprint density at radius 1 is 1.33 bits per heavy atom. The van der Waals surface area contributed by atoms with Crippen LogP contribution in [0.5, 0.6) is 0 Å². The Morgan fingerprint density at radius 3 is 3.07 bits per heavy atom. The molecule has 2 unspecified atom stereocenters. The molecular weight excluding hydrogens is 250 g/mol. The summed E-state index contributed by atoms with van der Waals surface area (Å²) in [6, 6.07) is 8.57. The van der Waals surface area contributed by atoms with E-state index in [1.54, 1.807) is 0 Å². The van der Waals surface area contributed by atoms with Crippen LogP contribution in [0.25, 0.3) is 0 Å². The summed E-state index contributed by atoms with van der Waals surface area (Å²) in [5.41, 5.74) is 2.86. The molecule has 1 aromatic carbocycles. The van der Waals surface area contributed by atoms with E-state index in [0.717, 1.165) is 0 Å². The molecule has 1 nitrogen and oxygen atoms in total. The van der Waals surface area contributed by atoms with Gasteiger partial charge in [0.15, 0.2) is 0 Å². The van der Waals surface area contributed by atoms with Crippen molar-refractivity contribution in [2.45, 2.75) is 35.9 Å². The maximum atomic E-state index is 4.56. The van der Waals surface area contributed by atoms with Crippen molar-refractivity contribution in [3.63, 3.8) is 0 Å². The zero-order valence-electron chi connectivity index (χ0n) is 8.62. The fourth-order valence-corrected chi connectivity index (χ4v) is 3.77. The summed E-state index contributed by atoms with van der Waals surface area (Å²) in [4.78, 5) is 5.22. The molecule has 0 amide bonds. The molecular formula is C13H14BrN. The quantitative estimate of drug-likeness (QED) is 0.628. The number of hydrogen-bond acceptors (Lipinski definition) is 1. The van der Waals surface area contributed by atoms with Gasteiger partial charge in [-0.1, -0.05) is 40.5 Å². The molecule has 2 heteroatoms. The van der Waals surface area contributed by atoms with E-state index in [0.29, 0.717) is 4.83 Å². The van der Waals surface area contributed by atoms with Gasteiger partial charge in [0.1, 0.15) is 0 Å². The molecule has 78 valence electrons. The van der Waals surface area contributed by atoms with Gasteiger partial charge in [-0.2, -0.15) is 0 Å². The van der Waals surface area contributed by atoms with Crippen molar-refractivity contribution < 1.29 is 0 Å². The third kappa shape index (κ3) is 1.46. The normalized spacial score (nSPS) is 33.3. The van der Waals surface area contributed by atoms with E-state index in [9.17, 15) is 0 Å². The highest BCUT2D eigenvalue weighted by molar-refractivity contribution is 9.09. The van der Waals surface area contributed by atoms with Gasteiger partial charge in [0.05, 0.1) is 5.69 Å². The predicted octanol–water partition coefficient (Wildman–Crippen LogP) is 3.98. The smallest absolute Gasteiger partial charge is 0.0667 e. The van der Waals surface area contributed by atoms with Crippen LogP contribution >= 0.6 is 15.9 Å². The number of hydrogen-bond donors (Lipinski definition) is 0. The maximum absolute atomic E-state index is 4.56. The summed E-state index contributed by atoms with van der Waals surface area (Å²) < 4.78 is 0. The number of fused-ring (bicyclic) bond motifs is 2. The highest BCUT2D eigenvalue weighted by Gasteiger charge is 2.39. The van der Waals surface area contributed by atoms with Crippen LogP contribution in [0, 0.1) is 0 Å². The second-order valence-corrected chi connectivity index (χ2v) is 5.92. The van der Waals surface area contributed by atoms with Gasteiger partial charge in [0.25, 0.3) is 0 Å². The van der Waals surface area contributed by atoms with Crippen LogP contribution in [0.4, 0.5) is 5.69 Å². The Bertz CT molecular complexity index is 413. The minimum atomic E-state index is 0.239. The largest absolute Gasteiger partial charge is 0.260 e. The molecule has 0 bridgehead atoms. The van der Waals surface area contributed by atoms with Crippen LogP contribution in [0.2, 0.25) is 0 Å². The van der Waals surface area contributed by atoms with Gasteiger partial charge in [-0.15, -0.1) is 0 Å². The molecule has 2 aliphatic rings. The summed E-state index contributed by atoms with van der Waals surface area (Å²) in [5, 5.41) is 0. The molecule has 1 aliphatic heterocycles. The Hall–Kier alpha value is -0.630. The third-order valence-electron chi connectivity index (χ3n) is 3.62. The molecule has 0 N–H and O–H groups in total. The van der Waals surface area contributed by atoms with Gasteiger partial charge in [-0.3, -0.25) is 4.99 Å². The SMILES string of the molecule is BrC1CCCC2(C=Nc3ccccc32)C1. The minimum absolute atomic E-state index is 0.239. The number of alkyl halides is 1. The van der Waals surface area contributed by atoms with E-state index in [-0.39, 0.29) is 5.41 Å². The van der Waals surface area contributed by atoms with Crippen LogP contribution in [0.15, 0.2) is 29.3 Å². The molecule has 1 aromatic rings. The van der Waals surface area contributed by atoms with E-state index in [4.69, 9.17) is 0 Å². The predicted molar refractivity (Wildman–Crippen MR) is 67.5 cm³/mol. The lowest BCUT2D eigenvalue weighted by molar-refractivity contribution is 0.404. The lowest BCUT2D eigenvalue weighted by Crippen LogP contribution is -2.32. The molecule has 1 spiro atoms. The monoisotopic (exact) mass is 263 g/mol. The molecule has 1 saturated carbocycles. The molecule has 0 aromatic heterocycles. The van der Waals surface area contributed by atoms with Crippen LogP contribution in [-0.4, -0.2) is 11.0 Å². The van der Waals surface area contributed by atoms with Crippen LogP contribution in [0.3, 0.4) is 0 Å². The molecule has 0 radical (unpaired) electrons. The first kappa shape index (κ1) is 9.59. The van der Waals surface area contributed by atoms with Gasteiger partial charge in [0.2, 0.25) is 0 Å². The van der Waals surface area contributed by atoms with Crippen molar-refractivity contribution in [2.75, 3.05) is 0 Å². The number of benzene rings is 1. The number of para-hydroxylation sites is 1. The molecule has 1 aliphatic carbocycles. The summed E-state index contributed by atoms with van der Waals surface area (Å²) in [5.74, 6) is 0. The summed E-state index contributed by atoms with van der Waals surface area (Å²) in [6.07, 6.45) is 7.25. The first-order valence-corrected chi connectivity index (χ1v) is 6.51. The molecule has 0 saturated heterocycles. The molecule has 15 heavy (non-hydrogen) atoms. The van der Waals surface area contributed by atoms with Gasteiger partial charge >= 0.3 is 0 Å². The molecule has 2 atom stereocenters. The Labute approximate surface area is 98.7 Å². The zero-order chi connectivity index (χ0) is 10.3. The Kier molecular flexibility index (Phi) is 2.20. The van der Waals surface area contributed by atoms with Crippen LogP contribution in [0.1, 0.15) is 31.2 Å². The van der Waals surface area contributed by atoms with Gasteiger partial charge in [-0.05, 0) is 30.9 Å². The average molecular weight is 264 g/mol. The van der Waals surface area contributed by atoms with Crippen molar-refractivity contribution >= 4 is 27.8 Å². The van der Waals surface area contributed by atoms with Crippen molar-refractivity contribution in [1.29, 1.82) is 0 Å². The average Bonchev–Trinajstić information content (AvgIpc) is 2.59. The van der Waals surface area contributed by atoms with E-state index in [2.05, 4.69) is 51.4 Å². The van der Waals surface area contributed by atoms with Crippen LogP contribution < -0.4 is 0 Å². The zero-order valence-corrected chi connectivity index (χ0v) is 10.2. The fraction of sp³-hybridized carbons (Fsp3) is 0.462. The van der Waals surface area contributed by atoms with E-state index >= 15 is 0 Å². The first-order valence-electron chi connectivity index (χ1n) is 5.59. The number of nitrogens with zero attached hydrogens (tertiary/aromatic N) is 1. The van der Waals surface area contributed by atoms with Gasteiger partial charge < -0.3 is 0 Å². The Morgan fingerprint density at radius 2 is 2.20 bits per heavy atom. The van der Waals surface area contributed by atoms with E-state index in [1.807, 2.05) is 0 Å². The van der Waals surface area contributed by atoms with Crippen molar-refractivity contribution in [1.82, 2.24) is 0 Å². The molecule has 3 rings (SSSR count). The highest BCUT2D eigenvalue weighted by atomic mass is 79.9. The fourth-order valence-electron chi connectivity index (χ4n) is 2.87. The lowest BCUT2D eigenvalue weighted by Gasteiger charge is -2.34. The third-order valence-corrected chi connectivity index (χ3v) is 4.40. The molecule has 1 heterocycles. The van der Waals surface area contributed by atoms with E-state index in [1.165, 1.54) is 36.9 Å². The summed E-state index contributed by atoms with van der Waals surface area (Å²) in [7, 11) is 0.